The molecule has 23 heavy (non-hydrogen) atoms. The Hall–Kier alpha value is -3.02. The molecular formula is C17H11F2NO3. The SMILES string of the molecule is COc1ccc(/C=C2\N=C(c3cccc(F)c3)OC2=O)cc1F. The number of esters is 1. The molecule has 0 fully saturated rings. The van der Waals surface area contributed by atoms with Crippen molar-refractivity contribution in [2.45, 2.75) is 0 Å². The third-order valence-corrected chi connectivity index (χ3v) is 3.17. The Kier molecular flexibility index (Phi) is 3.89. The minimum absolute atomic E-state index is 0.00817. The number of rotatable bonds is 3. The number of hydrogen-bond acceptors (Lipinski definition) is 4. The zero-order valence-corrected chi connectivity index (χ0v) is 12.0. The van der Waals surface area contributed by atoms with Gasteiger partial charge in [0.15, 0.2) is 17.3 Å². The Bertz CT molecular complexity index is 843. The number of carbonyl (C=O) groups excluding carboxylic acids is 1. The second-order valence-electron chi connectivity index (χ2n) is 4.74. The summed E-state index contributed by atoms with van der Waals surface area (Å²) in [4.78, 5) is 15.9. The molecule has 116 valence electrons. The largest absolute Gasteiger partial charge is 0.494 e. The predicted octanol–water partition coefficient (Wildman–Crippen LogP) is 3.32. The maximum atomic E-state index is 13.7. The molecule has 3 rings (SSSR count). The summed E-state index contributed by atoms with van der Waals surface area (Å²) in [5.41, 5.74) is 0.788. The van der Waals surface area contributed by atoms with E-state index in [1.807, 2.05) is 0 Å². The summed E-state index contributed by atoms with van der Waals surface area (Å²) < 4.78 is 36.7. The first-order valence-electron chi connectivity index (χ1n) is 6.69. The van der Waals surface area contributed by atoms with Crippen molar-refractivity contribution < 1.29 is 23.0 Å². The van der Waals surface area contributed by atoms with Crippen molar-refractivity contribution in [3.8, 4) is 5.75 Å². The summed E-state index contributed by atoms with van der Waals surface area (Å²) in [5, 5.41) is 0. The average Bonchev–Trinajstić information content (AvgIpc) is 2.89. The molecule has 0 saturated carbocycles. The molecule has 2 aromatic rings. The summed E-state index contributed by atoms with van der Waals surface area (Å²) in [7, 11) is 1.36. The van der Waals surface area contributed by atoms with Gasteiger partial charge in [-0.15, -0.1) is 0 Å². The summed E-state index contributed by atoms with van der Waals surface area (Å²) in [6, 6.07) is 9.79. The third-order valence-electron chi connectivity index (χ3n) is 3.17. The fraction of sp³-hybridized carbons (Fsp3) is 0.0588. The van der Waals surface area contributed by atoms with E-state index >= 15 is 0 Å². The maximum absolute atomic E-state index is 13.7. The standard InChI is InChI=1S/C17H11F2NO3/c1-22-15-6-5-10(7-13(15)19)8-14-17(21)23-16(20-14)11-3-2-4-12(18)9-11/h2-9H,1H3/b14-8-. The third kappa shape index (κ3) is 3.11. The second-order valence-corrected chi connectivity index (χ2v) is 4.74. The molecule has 0 spiro atoms. The van der Waals surface area contributed by atoms with Gasteiger partial charge in [0.25, 0.3) is 0 Å². The van der Waals surface area contributed by atoms with Gasteiger partial charge in [-0.05, 0) is 42.0 Å². The van der Waals surface area contributed by atoms with Crippen LogP contribution in [0.4, 0.5) is 8.78 Å². The van der Waals surface area contributed by atoms with E-state index in [-0.39, 0.29) is 17.3 Å². The first kappa shape index (κ1) is 14.9. The van der Waals surface area contributed by atoms with Gasteiger partial charge in [-0.25, -0.2) is 18.6 Å². The molecule has 0 radical (unpaired) electrons. The molecule has 0 aliphatic carbocycles. The van der Waals surface area contributed by atoms with E-state index in [0.717, 1.165) is 0 Å². The average molecular weight is 315 g/mol. The lowest BCUT2D eigenvalue weighted by atomic mass is 10.2. The van der Waals surface area contributed by atoms with E-state index in [4.69, 9.17) is 9.47 Å². The number of aliphatic imine (C=N–C) groups is 1. The van der Waals surface area contributed by atoms with Crippen LogP contribution in [0.15, 0.2) is 53.2 Å². The molecule has 1 heterocycles. The van der Waals surface area contributed by atoms with Crippen molar-refractivity contribution in [2.75, 3.05) is 7.11 Å². The maximum Gasteiger partial charge on any atom is 0.363 e. The predicted molar refractivity (Wildman–Crippen MR) is 80.0 cm³/mol. The Morgan fingerprint density at radius 1 is 1.17 bits per heavy atom. The second kappa shape index (κ2) is 6.00. The molecule has 0 atom stereocenters. The van der Waals surface area contributed by atoms with Crippen LogP contribution in [0.5, 0.6) is 5.75 Å². The number of cyclic esters (lactones) is 1. The number of benzene rings is 2. The molecule has 0 aromatic heterocycles. The Morgan fingerprint density at radius 3 is 2.70 bits per heavy atom. The van der Waals surface area contributed by atoms with Crippen LogP contribution in [-0.2, 0) is 9.53 Å². The van der Waals surface area contributed by atoms with Crippen LogP contribution in [0.2, 0.25) is 0 Å². The quantitative estimate of drug-likeness (QED) is 0.645. The van der Waals surface area contributed by atoms with Gasteiger partial charge in [-0.2, -0.15) is 0 Å². The van der Waals surface area contributed by atoms with Crippen LogP contribution < -0.4 is 4.74 Å². The fourth-order valence-electron chi connectivity index (χ4n) is 2.08. The molecule has 1 aliphatic rings. The highest BCUT2D eigenvalue weighted by Gasteiger charge is 2.24. The number of hydrogen-bond donors (Lipinski definition) is 0. The summed E-state index contributed by atoms with van der Waals surface area (Å²) in [6.07, 6.45) is 1.39. The highest BCUT2D eigenvalue weighted by atomic mass is 19.1. The van der Waals surface area contributed by atoms with Crippen LogP contribution in [-0.4, -0.2) is 19.0 Å². The topological polar surface area (TPSA) is 47.9 Å². The molecular weight excluding hydrogens is 304 g/mol. The molecule has 0 saturated heterocycles. The van der Waals surface area contributed by atoms with Crippen molar-refractivity contribution in [1.29, 1.82) is 0 Å². The van der Waals surface area contributed by atoms with Crippen LogP contribution in [0.3, 0.4) is 0 Å². The highest BCUT2D eigenvalue weighted by Crippen LogP contribution is 2.22. The van der Waals surface area contributed by atoms with Gasteiger partial charge in [0, 0.05) is 5.56 Å². The van der Waals surface area contributed by atoms with Crippen molar-refractivity contribution in [2.24, 2.45) is 4.99 Å². The lowest BCUT2D eigenvalue weighted by molar-refractivity contribution is -0.129. The molecule has 0 N–H and O–H groups in total. The lowest BCUT2D eigenvalue weighted by Crippen LogP contribution is -2.05. The van der Waals surface area contributed by atoms with Gasteiger partial charge in [0.2, 0.25) is 5.90 Å². The number of methoxy groups -OCH3 is 1. The van der Waals surface area contributed by atoms with Crippen molar-refractivity contribution in [3.05, 3.63) is 70.9 Å². The van der Waals surface area contributed by atoms with Gasteiger partial charge in [-0.3, -0.25) is 0 Å². The number of ether oxygens (including phenoxy) is 2. The van der Waals surface area contributed by atoms with Crippen molar-refractivity contribution in [3.63, 3.8) is 0 Å². The van der Waals surface area contributed by atoms with Crippen LogP contribution >= 0.6 is 0 Å². The van der Waals surface area contributed by atoms with Gasteiger partial charge < -0.3 is 9.47 Å². The zero-order valence-electron chi connectivity index (χ0n) is 12.0. The van der Waals surface area contributed by atoms with E-state index in [1.54, 1.807) is 12.1 Å². The molecule has 2 aromatic carbocycles. The minimum atomic E-state index is -0.680. The first-order chi connectivity index (χ1) is 11.1. The molecule has 6 heteroatoms. The van der Waals surface area contributed by atoms with Crippen LogP contribution in [0.1, 0.15) is 11.1 Å². The first-order valence-corrected chi connectivity index (χ1v) is 6.69. The molecule has 0 unspecified atom stereocenters. The molecule has 4 nitrogen and oxygen atoms in total. The van der Waals surface area contributed by atoms with E-state index in [9.17, 15) is 13.6 Å². The highest BCUT2D eigenvalue weighted by molar-refractivity contribution is 6.12. The number of nitrogens with zero attached hydrogens (tertiary/aromatic N) is 1. The fourth-order valence-corrected chi connectivity index (χ4v) is 2.08. The van der Waals surface area contributed by atoms with E-state index in [0.29, 0.717) is 11.1 Å². The Labute approximate surface area is 130 Å². The number of halogens is 2. The van der Waals surface area contributed by atoms with Gasteiger partial charge in [-0.1, -0.05) is 12.1 Å². The van der Waals surface area contributed by atoms with Gasteiger partial charge >= 0.3 is 5.97 Å². The molecule has 0 amide bonds. The summed E-state index contributed by atoms with van der Waals surface area (Å²) in [6.45, 7) is 0. The number of carbonyl (C=O) groups is 1. The van der Waals surface area contributed by atoms with Crippen LogP contribution in [0, 0.1) is 11.6 Å². The van der Waals surface area contributed by atoms with Gasteiger partial charge in [0.1, 0.15) is 5.82 Å². The molecule has 1 aliphatic heterocycles. The van der Waals surface area contributed by atoms with E-state index in [1.165, 1.54) is 43.5 Å². The van der Waals surface area contributed by atoms with Gasteiger partial charge in [0.05, 0.1) is 7.11 Å². The monoisotopic (exact) mass is 315 g/mol. The van der Waals surface area contributed by atoms with Crippen molar-refractivity contribution >= 4 is 17.9 Å². The molecule has 0 bridgehead atoms. The lowest BCUT2D eigenvalue weighted by Gasteiger charge is -2.01. The Morgan fingerprint density at radius 2 is 2.00 bits per heavy atom. The summed E-state index contributed by atoms with van der Waals surface area (Å²) >= 11 is 0. The van der Waals surface area contributed by atoms with E-state index in [2.05, 4.69) is 4.99 Å². The summed E-state index contributed by atoms with van der Waals surface area (Å²) in [5.74, 6) is -1.58. The normalized spacial score (nSPS) is 15.5. The Balaban J connectivity index is 1.93. The zero-order chi connectivity index (χ0) is 16.4. The van der Waals surface area contributed by atoms with E-state index < -0.39 is 17.6 Å². The smallest absolute Gasteiger partial charge is 0.363 e. The minimum Gasteiger partial charge on any atom is -0.494 e. The van der Waals surface area contributed by atoms with Crippen molar-refractivity contribution in [1.82, 2.24) is 0 Å². The van der Waals surface area contributed by atoms with Crippen LogP contribution in [0.25, 0.3) is 6.08 Å².